The van der Waals surface area contributed by atoms with Gasteiger partial charge in [-0.05, 0) is 63.1 Å². The summed E-state index contributed by atoms with van der Waals surface area (Å²) in [6.07, 6.45) is 10.1. The predicted octanol–water partition coefficient (Wildman–Crippen LogP) is 2.45. The molecular formula is C20H31N5O. The average Bonchev–Trinajstić information content (AvgIpc) is 3.30. The molecule has 1 aromatic heterocycles. The Labute approximate surface area is 156 Å². The maximum Gasteiger partial charge on any atom is 0.191 e. The first kappa shape index (κ1) is 17.6. The molecule has 0 aromatic carbocycles. The van der Waals surface area contributed by atoms with Gasteiger partial charge in [0, 0.05) is 25.8 Å². The number of fused-ring (bicyclic) bond motifs is 2. The maximum absolute atomic E-state index is 5.95. The normalized spacial score (nSPS) is 28.4. The second-order valence-electron chi connectivity index (χ2n) is 7.63. The maximum atomic E-state index is 5.95. The van der Waals surface area contributed by atoms with Gasteiger partial charge >= 0.3 is 0 Å². The van der Waals surface area contributed by atoms with Crippen LogP contribution in [-0.2, 0) is 11.3 Å². The minimum Gasteiger partial charge on any atom is -0.373 e. The Hall–Kier alpha value is -1.82. The van der Waals surface area contributed by atoms with E-state index < -0.39 is 0 Å². The van der Waals surface area contributed by atoms with Crippen LogP contribution < -0.4 is 15.5 Å². The second kappa shape index (κ2) is 8.25. The molecule has 0 saturated carbocycles. The number of ether oxygens (including phenoxy) is 1. The van der Waals surface area contributed by atoms with Crippen molar-refractivity contribution < 1.29 is 4.74 Å². The third-order valence-corrected chi connectivity index (χ3v) is 5.68. The second-order valence-corrected chi connectivity index (χ2v) is 7.63. The van der Waals surface area contributed by atoms with Crippen LogP contribution in [0, 0.1) is 0 Å². The van der Waals surface area contributed by atoms with Gasteiger partial charge < -0.3 is 20.3 Å². The van der Waals surface area contributed by atoms with Crippen molar-refractivity contribution >= 4 is 11.8 Å². The first-order chi connectivity index (χ1) is 12.8. The Morgan fingerprint density at radius 2 is 2.19 bits per heavy atom. The fourth-order valence-electron chi connectivity index (χ4n) is 4.31. The topological polar surface area (TPSA) is 61.8 Å². The summed E-state index contributed by atoms with van der Waals surface area (Å²) in [6.45, 7) is 5.88. The lowest BCUT2D eigenvalue weighted by Gasteiger charge is -2.27. The number of pyridine rings is 1. The molecule has 0 aliphatic carbocycles. The molecule has 26 heavy (non-hydrogen) atoms. The van der Waals surface area contributed by atoms with E-state index in [0.717, 1.165) is 37.8 Å². The molecule has 4 rings (SSSR count). The number of aliphatic imine (C=N–C) groups is 1. The SMILES string of the molecule is CCNC(=NCc1ccnc(N2CCCCC2)c1)NC1CC2CCC1O2. The molecule has 0 spiro atoms. The van der Waals surface area contributed by atoms with E-state index in [4.69, 9.17) is 9.73 Å². The summed E-state index contributed by atoms with van der Waals surface area (Å²) in [4.78, 5) is 11.8. The molecule has 6 heteroatoms. The lowest BCUT2D eigenvalue weighted by Crippen LogP contribution is -2.47. The van der Waals surface area contributed by atoms with Gasteiger partial charge in [0.25, 0.3) is 0 Å². The molecule has 0 radical (unpaired) electrons. The van der Waals surface area contributed by atoms with Crippen LogP contribution in [-0.4, -0.2) is 48.8 Å². The van der Waals surface area contributed by atoms with Crippen molar-refractivity contribution in [2.24, 2.45) is 4.99 Å². The highest BCUT2D eigenvalue weighted by Gasteiger charge is 2.41. The van der Waals surface area contributed by atoms with Crippen LogP contribution in [0.4, 0.5) is 5.82 Å². The largest absolute Gasteiger partial charge is 0.373 e. The molecule has 142 valence electrons. The van der Waals surface area contributed by atoms with Crippen molar-refractivity contribution in [2.75, 3.05) is 24.5 Å². The molecule has 4 heterocycles. The predicted molar refractivity (Wildman–Crippen MR) is 105 cm³/mol. The van der Waals surface area contributed by atoms with Crippen molar-refractivity contribution in [2.45, 2.75) is 70.2 Å². The van der Waals surface area contributed by atoms with E-state index >= 15 is 0 Å². The van der Waals surface area contributed by atoms with Gasteiger partial charge in [0.15, 0.2) is 5.96 Å². The summed E-state index contributed by atoms with van der Waals surface area (Å²) in [6, 6.07) is 4.66. The number of aromatic nitrogens is 1. The number of guanidine groups is 1. The van der Waals surface area contributed by atoms with Crippen molar-refractivity contribution in [1.82, 2.24) is 15.6 Å². The molecule has 0 amide bonds. The standard InChI is InChI=1S/C20H31N5O/c1-2-21-20(24-17-13-16-6-7-18(17)26-16)23-14-15-8-9-22-19(12-15)25-10-4-3-5-11-25/h8-9,12,16-18H,2-7,10-11,13-14H2,1H3,(H2,21,23,24). The van der Waals surface area contributed by atoms with Crippen LogP contribution in [0.3, 0.4) is 0 Å². The molecule has 3 unspecified atom stereocenters. The first-order valence-corrected chi connectivity index (χ1v) is 10.2. The Balaban J connectivity index is 1.39. The number of piperidine rings is 1. The average molecular weight is 358 g/mol. The quantitative estimate of drug-likeness (QED) is 0.626. The van der Waals surface area contributed by atoms with Crippen LogP contribution in [0.25, 0.3) is 0 Å². The van der Waals surface area contributed by atoms with Crippen molar-refractivity contribution in [3.63, 3.8) is 0 Å². The van der Waals surface area contributed by atoms with E-state index in [1.54, 1.807) is 0 Å². The first-order valence-electron chi connectivity index (χ1n) is 10.2. The van der Waals surface area contributed by atoms with E-state index in [2.05, 4.69) is 39.6 Å². The molecule has 3 saturated heterocycles. The third-order valence-electron chi connectivity index (χ3n) is 5.68. The monoisotopic (exact) mass is 357 g/mol. The summed E-state index contributed by atoms with van der Waals surface area (Å²) in [7, 11) is 0. The lowest BCUT2D eigenvalue weighted by molar-refractivity contribution is 0.0992. The van der Waals surface area contributed by atoms with Gasteiger partial charge in [-0.3, -0.25) is 0 Å². The van der Waals surface area contributed by atoms with Gasteiger partial charge in [0.1, 0.15) is 5.82 Å². The lowest BCUT2D eigenvalue weighted by atomic mass is 9.96. The minimum atomic E-state index is 0.357. The summed E-state index contributed by atoms with van der Waals surface area (Å²) in [5.74, 6) is 1.99. The van der Waals surface area contributed by atoms with Gasteiger partial charge in [0.2, 0.25) is 0 Å². The molecule has 6 nitrogen and oxygen atoms in total. The number of anilines is 1. The van der Waals surface area contributed by atoms with Gasteiger partial charge in [0.05, 0.1) is 24.8 Å². The molecule has 3 atom stereocenters. The molecule has 3 aliphatic rings. The zero-order chi connectivity index (χ0) is 17.8. The van der Waals surface area contributed by atoms with Crippen molar-refractivity contribution in [3.8, 4) is 0 Å². The summed E-state index contributed by atoms with van der Waals surface area (Å²) < 4.78 is 5.95. The number of rotatable bonds is 5. The zero-order valence-electron chi connectivity index (χ0n) is 15.8. The summed E-state index contributed by atoms with van der Waals surface area (Å²) >= 11 is 0. The molecule has 2 N–H and O–H groups in total. The van der Waals surface area contributed by atoms with E-state index in [1.165, 1.54) is 37.7 Å². The highest BCUT2D eigenvalue weighted by molar-refractivity contribution is 5.80. The molecule has 1 aromatic rings. The Bertz CT molecular complexity index is 628. The third kappa shape index (κ3) is 4.11. The van der Waals surface area contributed by atoms with E-state index in [-0.39, 0.29) is 0 Å². The molecule has 3 aliphatic heterocycles. The highest BCUT2D eigenvalue weighted by Crippen LogP contribution is 2.34. The van der Waals surface area contributed by atoms with Gasteiger partial charge in [-0.1, -0.05) is 0 Å². The Kier molecular flexibility index (Phi) is 5.58. The Morgan fingerprint density at radius 3 is 2.92 bits per heavy atom. The number of hydrogen-bond acceptors (Lipinski definition) is 4. The van der Waals surface area contributed by atoms with E-state index in [0.29, 0.717) is 24.8 Å². The van der Waals surface area contributed by atoms with E-state index in [1.807, 2.05) is 6.20 Å². The smallest absolute Gasteiger partial charge is 0.191 e. The van der Waals surface area contributed by atoms with Crippen LogP contribution in [0.1, 0.15) is 51.0 Å². The van der Waals surface area contributed by atoms with Crippen LogP contribution >= 0.6 is 0 Å². The minimum absolute atomic E-state index is 0.357. The summed E-state index contributed by atoms with van der Waals surface area (Å²) in [5.41, 5.74) is 1.21. The Morgan fingerprint density at radius 1 is 1.31 bits per heavy atom. The fourth-order valence-corrected chi connectivity index (χ4v) is 4.31. The van der Waals surface area contributed by atoms with Gasteiger partial charge in [-0.25, -0.2) is 9.98 Å². The molecule has 3 fully saturated rings. The zero-order valence-corrected chi connectivity index (χ0v) is 15.8. The van der Waals surface area contributed by atoms with E-state index in [9.17, 15) is 0 Å². The number of nitrogens with one attached hydrogen (secondary N) is 2. The number of hydrogen-bond donors (Lipinski definition) is 2. The van der Waals surface area contributed by atoms with Crippen LogP contribution in [0.2, 0.25) is 0 Å². The van der Waals surface area contributed by atoms with Crippen LogP contribution in [0.15, 0.2) is 23.3 Å². The molecule has 2 bridgehead atoms. The fraction of sp³-hybridized carbons (Fsp3) is 0.700. The van der Waals surface area contributed by atoms with Crippen LogP contribution in [0.5, 0.6) is 0 Å². The van der Waals surface area contributed by atoms with Crippen molar-refractivity contribution in [3.05, 3.63) is 23.9 Å². The molecular weight excluding hydrogens is 326 g/mol. The van der Waals surface area contributed by atoms with Gasteiger partial charge in [-0.15, -0.1) is 0 Å². The number of nitrogens with zero attached hydrogens (tertiary/aromatic N) is 3. The summed E-state index contributed by atoms with van der Waals surface area (Å²) in [5, 5.41) is 6.96. The van der Waals surface area contributed by atoms with Gasteiger partial charge in [-0.2, -0.15) is 0 Å². The van der Waals surface area contributed by atoms with Crippen molar-refractivity contribution in [1.29, 1.82) is 0 Å². The highest BCUT2D eigenvalue weighted by atomic mass is 16.5.